The van der Waals surface area contributed by atoms with E-state index < -0.39 is 0 Å². The quantitative estimate of drug-likeness (QED) is 0.816. The Labute approximate surface area is 137 Å². The van der Waals surface area contributed by atoms with Crippen molar-refractivity contribution in [2.45, 2.75) is 75.8 Å². The Bertz CT molecular complexity index is 391. The van der Waals surface area contributed by atoms with Crippen LogP contribution in [0.4, 0.5) is 4.79 Å². The standard InChI is InChI=1S/C16H28N2O3S/c1-11-7-14(8-12(2)21-11)18-15(19)17-13-3-5-20-16(9-13)4-6-22-10-16/h11-14H,3-10H2,1-2H3,(H2,17,18,19)/t11-,12+,13-,14?,16-/m1/s1. The van der Waals surface area contributed by atoms with Crippen molar-refractivity contribution in [3.05, 3.63) is 0 Å². The van der Waals surface area contributed by atoms with Gasteiger partial charge in [0.1, 0.15) is 0 Å². The number of nitrogens with one attached hydrogen (secondary N) is 2. The van der Waals surface area contributed by atoms with Crippen LogP contribution in [0.3, 0.4) is 0 Å². The highest BCUT2D eigenvalue weighted by Gasteiger charge is 2.41. The van der Waals surface area contributed by atoms with Crippen molar-refractivity contribution in [2.75, 3.05) is 18.1 Å². The number of hydrogen-bond acceptors (Lipinski definition) is 4. The summed E-state index contributed by atoms with van der Waals surface area (Å²) < 4.78 is 11.7. The molecule has 3 aliphatic rings. The van der Waals surface area contributed by atoms with Crippen LogP contribution >= 0.6 is 11.8 Å². The van der Waals surface area contributed by atoms with E-state index in [-0.39, 0.29) is 35.9 Å². The van der Waals surface area contributed by atoms with Crippen LogP contribution in [-0.4, -0.2) is 54.0 Å². The number of rotatable bonds is 2. The van der Waals surface area contributed by atoms with Gasteiger partial charge in [-0.05, 0) is 51.7 Å². The number of thioether (sulfide) groups is 1. The number of carbonyl (C=O) groups excluding carboxylic acids is 1. The zero-order valence-corrected chi connectivity index (χ0v) is 14.4. The van der Waals surface area contributed by atoms with Crippen LogP contribution in [0.1, 0.15) is 46.0 Å². The lowest BCUT2D eigenvalue weighted by molar-refractivity contribution is -0.0686. The smallest absolute Gasteiger partial charge is 0.315 e. The van der Waals surface area contributed by atoms with Crippen molar-refractivity contribution in [3.63, 3.8) is 0 Å². The molecule has 0 aliphatic carbocycles. The number of ether oxygens (including phenoxy) is 2. The van der Waals surface area contributed by atoms with E-state index >= 15 is 0 Å². The zero-order chi connectivity index (χ0) is 15.6. The summed E-state index contributed by atoms with van der Waals surface area (Å²) in [6.45, 7) is 4.90. The summed E-state index contributed by atoms with van der Waals surface area (Å²) >= 11 is 1.96. The summed E-state index contributed by atoms with van der Waals surface area (Å²) in [6.07, 6.45) is 5.21. The van der Waals surface area contributed by atoms with Crippen LogP contribution in [0.15, 0.2) is 0 Å². The molecule has 126 valence electrons. The summed E-state index contributed by atoms with van der Waals surface area (Å²) in [7, 11) is 0. The lowest BCUT2D eigenvalue weighted by Gasteiger charge is -2.38. The Morgan fingerprint density at radius 2 is 1.91 bits per heavy atom. The van der Waals surface area contributed by atoms with E-state index in [0.29, 0.717) is 0 Å². The van der Waals surface area contributed by atoms with E-state index in [1.165, 1.54) is 5.75 Å². The summed E-state index contributed by atoms with van der Waals surface area (Å²) in [5, 5.41) is 6.30. The molecule has 3 saturated heterocycles. The van der Waals surface area contributed by atoms with Crippen molar-refractivity contribution in [2.24, 2.45) is 0 Å². The van der Waals surface area contributed by atoms with Crippen molar-refractivity contribution in [1.82, 2.24) is 10.6 Å². The van der Waals surface area contributed by atoms with Gasteiger partial charge in [-0.15, -0.1) is 0 Å². The number of hydrogen-bond donors (Lipinski definition) is 2. The predicted molar refractivity (Wildman–Crippen MR) is 88.3 cm³/mol. The van der Waals surface area contributed by atoms with Crippen molar-refractivity contribution < 1.29 is 14.3 Å². The minimum Gasteiger partial charge on any atom is -0.375 e. The minimum absolute atomic E-state index is 0.0164. The van der Waals surface area contributed by atoms with Gasteiger partial charge < -0.3 is 20.1 Å². The molecular formula is C16H28N2O3S. The lowest BCUT2D eigenvalue weighted by atomic mass is 9.90. The van der Waals surface area contributed by atoms with Crippen molar-refractivity contribution >= 4 is 17.8 Å². The average Bonchev–Trinajstić information content (AvgIpc) is 2.85. The first-order chi connectivity index (χ1) is 10.5. The molecule has 5 nitrogen and oxygen atoms in total. The van der Waals surface area contributed by atoms with Crippen LogP contribution in [0.25, 0.3) is 0 Å². The van der Waals surface area contributed by atoms with Crippen LogP contribution in [-0.2, 0) is 9.47 Å². The highest BCUT2D eigenvalue weighted by Crippen LogP contribution is 2.38. The first kappa shape index (κ1) is 16.4. The van der Waals surface area contributed by atoms with Crippen molar-refractivity contribution in [3.8, 4) is 0 Å². The molecular weight excluding hydrogens is 300 g/mol. The molecule has 0 radical (unpaired) electrons. The van der Waals surface area contributed by atoms with Crippen molar-refractivity contribution in [1.29, 1.82) is 0 Å². The molecule has 0 aromatic heterocycles. The number of carbonyl (C=O) groups is 1. The Kier molecular flexibility index (Phi) is 5.20. The van der Waals surface area contributed by atoms with Gasteiger partial charge in [0.2, 0.25) is 0 Å². The van der Waals surface area contributed by atoms with E-state index in [4.69, 9.17) is 9.47 Å². The zero-order valence-electron chi connectivity index (χ0n) is 13.6. The van der Waals surface area contributed by atoms with E-state index in [1.54, 1.807) is 0 Å². The van der Waals surface area contributed by atoms with Crippen LogP contribution in [0.2, 0.25) is 0 Å². The highest BCUT2D eigenvalue weighted by atomic mass is 32.2. The Morgan fingerprint density at radius 1 is 1.18 bits per heavy atom. The maximum atomic E-state index is 12.3. The average molecular weight is 328 g/mol. The fourth-order valence-corrected chi connectivity index (χ4v) is 5.33. The van der Waals surface area contributed by atoms with Gasteiger partial charge in [0.15, 0.2) is 0 Å². The van der Waals surface area contributed by atoms with Gasteiger partial charge in [-0.2, -0.15) is 11.8 Å². The molecule has 3 heterocycles. The van der Waals surface area contributed by atoms with Gasteiger partial charge in [-0.1, -0.05) is 0 Å². The molecule has 0 bridgehead atoms. The number of urea groups is 1. The Balaban J connectivity index is 1.47. The number of amides is 2. The maximum absolute atomic E-state index is 12.3. The van der Waals surface area contributed by atoms with Crippen LogP contribution < -0.4 is 10.6 Å². The molecule has 1 unspecified atom stereocenters. The Hall–Kier alpha value is -0.460. The molecule has 0 aromatic rings. The van der Waals surface area contributed by atoms with E-state index in [9.17, 15) is 4.79 Å². The topological polar surface area (TPSA) is 59.6 Å². The monoisotopic (exact) mass is 328 g/mol. The second-order valence-corrected chi connectivity index (χ2v) is 8.17. The van der Waals surface area contributed by atoms with Gasteiger partial charge in [-0.25, -0.2) is 4.79 Å². The third-order valence-corrected chi connectivity index (χ3v) is 6.15. The second kappa shape index (κ2) is 6.97. The third-order valence-electron chi connectivity index (χ3n) is 4.93. The molecule has 1 spiro atoms. The Morgan fingerprint density at radius 3 is 2.59 bits per heavy atom. The van der Waals surface area contributed by atoms with Gasteiger partial charge in [-0.3, -0.25) is 0 Å². The van der Waals surface area contributed by atoms with Crippen LogP contribution in [0.5, 0.6) is 0 Å². The molecule has 3 rings (SSSR count). The fourth-order valence-electron chi connectivity index (χ4n) is 3.95. The first-order valence-corrected chi connectivity index (χ1v) is 9.64. The summed E-state index contributed by atoms with van der Waals surface area (Å²) in [5.74, 6) is 2.25. The molecule has 3 fully saturated rings. The van der Waals surface area contributed by atoms with E-state index in [1.807, 2.05) is 11.8 Å². The fraction of sp³-hybridized carbons (Fsp3) is 0.938. The summed E-state index contributed by atoms with van der Waals surface area (Å²) in [4.78, 5) is 12.3. The van der Waals surface area contributed by atoms with Gasteiger partial charge in [0.05, 0.1) is 17.8 Å². The first-order valence-electron chi connectivity index (χ1n) is 8.49. The molecule has 0 saturated carbocycles. The lowest BCUT2D eigenvalue weighted by Crippen LogP contribution is -2.53. The SMILES string of the molecule is C[C@@H]1CC(NC(=O)N[C@@H]2CCO[C@]3(CCSC3)C2)C[C@H](C)O1. The highest BCUT2D eigenvalue weighted by molar-refractivity contribution is 7.99. The predicted octanol–water partition coefficient (Wildman–Crippen LogP) is 2.30. The van der Waals surface area contributed by atoms with E-state index in [0.717, 1.165) is 44.5 Å². The molecule has 22 heavy (non-hydrogen) atoms. The van der Waals surface area contributed by atoms with E-state index in [2.05, 4.69) is 24.5 Å². The van der Waals surface area contributed by atoms with Gasteiger partial charge in [0.25, 0.3) is 0 Å². The summed E-state index contributed by atoms with van der Waals surface area (Å²) in [6, 6.07) is 0.427. The molecule has 3 aliphatic heterocycles. The maximum Gasteiger partial charge on any atom is 0.315 e. The third kappa shape index (κ3) is 4.09. The minimum atomic E-state index is -0.0287. The van der Waals surface area contributed by atoms with Gasteiger partial charge >= 0.3 is 6.03 Å². The second-order valence-electron chi connectivity index (χ2n) is 7.07. The van der Waals surface area contributed by atoms with Crippen LogP contribution in [0, 0.1) is 0 Å². The largest absolute Gasteiger partial charge is 0.375 e. The molecule has 2 N–H and O–H groups in total. The molecule has 6 heteroatoms. The summed E-state index contributed by atoms with van der Waals surface area (Å²) in [5.41, 5.74) is 0.0164. The molecule has 5 atom stereocenters. The molecule has 0 aromatic carbocycles. The molecule has 2 amide bonds. The van der Waals surface area contributed by atoms with Gasteiger partial charge in [0, 0.05) is 24.4 Å². The normalized spacial score (nSPS) is 42.3.